The summed E-state index contributed by atoms with van der Waals surface area (Å²) in [5.74, 6) is -0.426. The number of benzene rings is 2. The van der Waals surface area contributed by atoms with Gasteiger partial charge in [0.05, 0.1) is 6.54 Å². The van der Waals surface area contributed by atoms with E-state index < -0.39 is 11.2 Å². The fourth-order valence-electron chi connectivity index (χ4n) is 3.48. The Morgan fingerprint density at radius 1 is 1.06 bits per heavy atom. The molecule has 0 saturated heterocycles. The van der Waals surface area contributed by atoms with E-state index in [1.165, 1.54) is 9.47 Å². The molecule has 0 aliphatic rings. The van der Waals surface area contributed by atoms with Crippen molar-refractivity contribution in [3.05, 3.63) is 92.1 Å². The molecule has 168 valence electrons. The van der Waals surface area contributed by atoms with E-state index in [4.69, 9.17) is 10.5 Å². The number of methoxy groups -OCH3 is 1. The van der Waals surface area contributed by atoms with Gasteiger partial charge in [0.1, 0.15) is 5.82 Å². The Morgan fingerprint density at radius 3 is 2.38 bits per heavy atom. The highest BCUT2D eigenvalue weighted by molar-refractivity contribution is 6.07. The quantitative estimate of drug-likeness (QED) is 0.501. The van der Waals surface area contributed by atoms with Crippen LogP contribution in [-0.4, -0.2) is 35.7 Å². The van der Waals surface area contributed by atoms with Crippen LogP contribution in [0, 0.1) is 0 Å². The molecule has 0 bridgehead atoms. The summed E-state index contributed by atoms with van der Waals surface area (Å²) >= 11 is 0. The first-order valence-corrected chi connectivity index (χ1v) is 10.5. The van der Waals surface area contributed by atoms with Crippen LogP contribution in [0.4, 0.5) is 11.5 Å². The Labute approximate surface area is 186 Å². The third-order valence-corrected chi connectivity index (χ3v) is 5.25. The van der Waals surface area contributed by atoms with Crippen LogP contribution in [0.25, 0.3) is 0 Å². The predicted molar refractivity (Wildman–Crippen MR) is 125 cm³/mol. The van der Waals surface area contributed by atoms with Crippen molar-refractivity contribution in [2.75, 3.05) is 30.9 Å². The van der Waals surface area contributed by atoms with Gasteiger partial charge in [-0.3, -0.25) is 19.1 Å². The number of carbonyl (C=O) groups excluding carboxylic acids is 1. The van der Waals surface area contributed by atoms with Crippen LogP contribution < -0.4 is 21.9 Å². The molecule has 0 aliphatic carbocycles. The van der Waals surface area contributed by atoms with Gasteiger partial charge in [-0.2, -0.15) is 0 Å². The van der Waals surface area contributed by atoms with Gasteiger partial charge in [0, 0.05) is 25.8 Å². The highest BCUT2D eigenvalue weighted by Crippen LogP contribution is 2.21. The van der Waals surface area contributed by atoms with E-state index in [0.717, 1.165) is 17.5 Å². The van der Waals surface area contributed by atoms with Crippen LogP contribution in [0.5, 0.6) is 0 Å². The smallest absolute Gasteiger partial charge is 0.330 e. The molecular formula is C24H28N4O4. The van der Waals surface area contributed by atoms with Gasteiger partial charge in [-0.15, -0.1) is 0 Å². The van der Waals surface area contributed by atoms with E-state index in [0.29, 0.717) is 18.6 Å². The molecule has 1 amide bonds. The number of aromatic nitrogens is 2. The number of anilines is 2. The average Bonchev–Trinajstić information content (AvgIpc) is 2.81. The van der Waals surface area contributed by atoms with Crippen LogP contribution >= 0.6 is 0 Å². The molecule has 2 aromatic carbocycles. The fraction of sp³-hybridized carbons (Fsp3) is 0.292. The number of ether oxygens (including phenoxy) is 1. The Balaban J connectivity index is 2.06. The van der Waals surface area contributed by atoms with Crippen molar-refractivity contribution in [1.29, 1.82) is 0 Å². The number of amides is 1. The van der Waals surface area contributed by atoms with Gasteiger partial charge in [0.2, 0.25) is 0 Å². The number of H-pyrrole nitrogens is 1. The van der Waals surface area contributed by atoms with Crippen molar-refractivity contribution in [2.45, 2.75) is 26.3 Å². The normalized spacial score (nSPS) is 10.8. The molecule has 8 nitrogen and oxygen atoms in total. The number of nitrogens with two attached hydrogens (primary N) is 1. The second kappa shape index (κ2) is 10.6. The third-order valence-electron chi connectivity index (χ3n) is 5.25. The van der Waals surface area contributed by atoms with E-state index in [1.807, 2.05) is 49.4 Å². The lowest BCUT2D eigenvalue weighted by Gasteiger charge is -2.24. The van der Waals surface area contributed by atoms with Crippen molar-refractivity contribution in [3.63, 3.8) is 0 Å². The van der Waals surface area contributed by atoms with Crippen LogP contribution in [0.15, 0.2) is 64.2 Å². The molecule has 3 aromatic rings. The zero-order valence-electron chi connectivity index (χ0n) is 18.3. The lowest BCUT2D eigenvalue weighted by molar-refractivity contribution is 0.0983. The summed E-state index contributed by atoms with van der Waals surface area (Å²) in [6.45, 7) is 2.81. The second-order valence-corrected chi connectivity index (χ2v) is 7.42. The largest absolute Gasteiger partial charge is 0.385 e. The predicted octanol–water partition coefficient (Wildman–Crippen LogP) is 2.41. The number of aryl methyl sites for hydroxylation is 1. The van der Waals surface area contributed by atoms with Gasteiger partial charge in [-0.1, -0.05) is 49.4 Å². The summed E-state index contributed by atoms with van der Waals surface area (Å²) in [7, 11) is 1.57. The number of nitrogen functional groups attached to an aromatic ring is 1. The number of nitrogens with zero attached hydrogens (tertiary/aromatic N) is 2. The van der Waals surface area contributed by atoms with Crippen LogP contribution in [0.3, 0.4) is 0 Å². The summed E-state index contributed by atoms with van der Waals surface area (Å²) in [5.41, 5.74) is 7.32. The molecule has 1 heterocycles. The third kappa shape index (κ3) is 5.15. The fourth-order valence-corrected chi connectivity index (χ4v) is 3.48. The lowest BCUT2D eigenvalue weighted by Crippen LogP contribution is -2.42. The van der Waals surface area contributed by atoms with Gasteiger partial charge < -0.3 is 15.4 Å². The van der Waals surface area contributed by atoms with Crippen LogP contribution in [-0.2, 0) is 17.7 Å². The van der Waals surface area contributed by atoms with E-state index in [1.54, 1.807) is 19.2 Å². The summed E-state index contributed by atoms with van der Waals surface area (Å²) < 4.78 is 6.38. The van der Waals surface area contributed by atoms with E-state index in [-0.39, 0.29) is 30.5 Å². The number of aromatic amines is 1. The molecule has 0 radical (unpaired) electrons. The van der Waals surface area contributed by atoms with Crippen molar-refractivity contribution >= 4 is 17.4 Å². The van der Waals surface area contributed by atoms with Crippen molar-refractivity contribution < 1.29 is 9.53 Å². The second-order valence-electron chi connectivity index (χ2n) is 7.42. The van der Waals surface area contributed by atoms with Crippen molar-refractivity contribution in [2.24, 2.45) is 0 Å². The Morgan fingerprint density at radius 2 is 1.75 bits per heavy atom. The first kappa shape index (κ1) is 23.0. The SMILES string of the molecule is CCc1ccc(C(=O)N(CCCOC)c2c(N)n(Cc3ccccc3)c(=O)[nH]c2=O)cc1. The topological polar surface area (TPSA) is 110 Å². The summed E-state index contributed by atoms with van der Waals surface area (Å²) in [4.78, 5) is 42.3. The summed E-state index contributed by atoms with van der Waals surface area (Å²) in [6.07, 6.45) is 1.34. The van der Waals surface area contributed by atoms with Gasteiger partial charge in [0.25, 0.3) is 11.5 Å². The molecule has 0 aliphatic heterocycles. The molecule has 3 rings (SSSR count). The standard InChI is InChI=1S/C24H28N4O4/c1-3-17-10-12-19(13-11-17)23(30)27(14-7-15-32-2)20-21(25)28(24(31)26-22(20)29)16-18-8-5-4-6-9-18/h4-6,8-13H,3,7,14-16,25H2,1-2H3,(H,26,29,31). The molecule has 1 aromatic heterocycles. The molecule has 32 heavy (non-hydrogen) atoms. The maximum atomic E-state index is 13.4. The molecule has 0 spiro atoms. The zero-order valence-corrected chi connectivity index (χ0v) is 18.3. The van der Waals surface area contributed by atoms with E-state index in [2.05, 4.69) is 4.98 Å². The molecule has 8 heteroatoms. The van der Waals surface area contributed by atoms with Gasteiger partial charge >= 0.3 is 5.69 Å². The Kier molecular flexibility index (Phi) is 7.62. The minimum Gasteiger partial charge on any atom is -0.385 e. The monoisotopic (exact) mass is 436 g/mol. The Hall–Kier alpha value is -3.65. The molecule has 0 saturated carbocycles. The van der Waals surface area contributed by atoms with Crippen molar-refractivity contribution in [3.8, 4) is 0 Å². The Bertz CT molecular complexity index is 1170. The number of nitrogens with one attached hydrogen (secondary N) is 1. The molecule has 0 atom stereocenters. The van der Waals surface area contributed by atoms with E-state index in [9.17, 15) is 14.4 Å². The number of carbonyl (C=O) groups is 1. The van der Waals surface area contributed by atoms with Gasteiger partial charge in [0.15, 0.2) is 5.69 Å². The van der Waals surface area contributed by atoms with Crippen LogP contribution in [0.2, 0.25) is 0 Å². The maximum absolute atomic E-state index is 13.4. The van der Waals surface area contributed by atoms with Crippen LogP contribution in [0.1, 0.15) is 34.8 Å². The minimum atomic E-state index is -0.701. The van der Waals surface area contributed by atoms with E-state index >= 15 is 0 Å². The summed E-state index contributed by atoms with van der Waals surface area (Å²) in [6, 6.07) is 16.5. The number of hydrogen-bond donors (Lipinski definition) is 2. The number of rotatable bonds is 9. The molecule has 0 unspecified atom stereocenters. The summed E-state index contributed by atoms with van der Waals surface area (Å²) in [5, 5.41) is 0. The molecular weight excluding hydrogens is 408 g/mol. The van der Waals surface area contributed by atoms with Crippen molar-refractivity contribution in [1.82, 2.24) is 9.55 Å². The average molecular weight is 437 g/mol. The van der Waals surface area contributed by atoms with Gasteiger partial charge in [-0.25, -0.2) is 4.79 Å². The first-order chi connectivity index (χ1) is 15.5. The first-order valence-electron chi connectivity index (χ1n) is 10.5. The molecule has 3 N–H and O–H groups in total. The highest BCUT2D eigenvalue weighted by Gasteiger charge is 2.25. The highest BCUT2D eigenvalue weighted by atomic mass is 16.5. The maximum Gasteiger partial charge on any atom is 0.330 e. The minimum absolute atomic E-state index is 0.0406. The van der Waals surface area contributed by atoms with Gasteiger partial charge in [-0.05, 0) is 36.1 Å². The number of hydrogen-bond acceptors (Lipinski definition) is 5. The lowest BCUT2D eigenvalue weighted by atomic mass is 10.1. The molecule has 0 fully saturated rings. The zero-order chi connectivity index (χ0) is 23.1.